The first kappa shape index (κ1) is 23.8. The lowest BCUT2D eigenvalue weighted by Crippen LogP contribution is -2.38. The van der Waals surface area contributed by atoms with Crippen LogP contribution in [0.25, 0.3) is 5.57 Å². The number of alkyl halides is 3. The van der Waals surface area contributed by atoms with Crippen molar-refractivity contribution in [3.8, 4) is 5.75 Å². The molecule has 1 aromatic heterocycles. The van der Waals surface area contributed by atoms with Gasteiger partial charge in [0.1, 0.15) is 18.1 Å². The molecular formula is C22H22F3N4O5-. The number of fused-ring (bicyclic) bond motifs is 1. The van der Waals surface area contributed by atoms with E-state index in [9.17, 15) is 27.9 Å². The Morgan fingerprint density at radius 1 is 1.21 bits per heavy atom. The van der Waals surface area contributed by atoms with Gasteiger partial charge in [-0.2, -0.15) is 18.3 Å². The Morgan fingerprint density at radius 2 is 1.91 bits per heavy atom. The lowest BCUT2D eigenvalue weighted by atomic mass is 9.88. The van der Waals surface area contributed by atoms with Crippen LogP contribution in [0.5, 0.6) is 5.75 Å². The van der Waals surface area contributed by atoms with Gasteiger partial charge >= 0.3 is 6.18 Å². The number of ether oxygens (including phenoxy) is 2. The van der Waals surface area contributed by atoms with Gasteiger partial charge in [-0.05, 0) is 24.3 Å². The standard InChI is InChI=1S/C22H23F3N4O5/c23-22(24,25)20-17-15(11-26-12-16(21(31)32)18(17)27-28-20)19(30)13-1-3-14(4-2-13)34-10-7-29-5-8-33-9-6-29/h1-4,12,15,26H,5-11H2,(H,27,28)(H,31,32)/p-1. The first-order chi connectivity index (χ1) is 16.3. The van der Waals surface area contributed by atoms with Gasteiger partial charge in [0, 0.05) is 49.1 Å². The number of carbonyl (C=O) groups is 2. The lowest BCUT2D eigenvalue weighted by Gasteiger charge is -2.26. The number of Topliss-reactive ketones (excluding diaryl/α,β-unsaturated/α-hetero) is 1. The summed E-state index contributed by atoms with van der Waals surface area (Å²) in [6.07, 6.45) is -3.87. The maximum atomic E-state index is 13.6. The third kappa shape index (κ3) is 5.07. The quantitative estimate of drug-likeness (QED) is 0.560. The molecule has 2 aromatic rings. The summed E-state index contributed by atoms with van der Waals surface area (Å²) in [5.41, 5.74) is -2.67. The molecule has 1 saturated heterocycles. The van der Waals surface area contributed by atoms with Crippen molar-refractivity contribution in [1.82, 2.24) is 20.4 Å². The molecule has 0 bridgehead atoms. The molecule has 0 saturated carbocycles. The Labute approximate surface area is 192 Å². The van der Waals surface area contributed by atoms with Gasteiger partial charge in [0.05, 0.1) is 30.8 Å². The average Bonchev–Trinajstić information content (AvgIpc) is 3.16. The van der Waals surface area contributed by atoms with Crippen LogP contribution in [-0.2, 0) is 15.7 Å². The van der Waals surface area contributed by atoms with Crippen molar-refractivity contribution in [3.63, 3.8) is 0 Å². The Balaban J connectivity index is 1.51. The van der Waals surface area contributed by atoms with Crippen molar-refractivity contribution in [1.29, 1.82) is 0 Å². The first-order valence-electron chi connectivity index (χ1n) is 10.6. The van der Waals surface area contributed by atoms with Crippen molar-refractivity contribution >= 4 is 17.3 Å². The summed E-state index contributed by atoms with van der Waals surface area (Å²) < 4.78 is 51.8. The van der Waals surface area contributed by atoms with Crippen LogP contribution in [0.2, 0.25) is 0 Å². The number of benzene rings is 1. The number of rotatable bonds is 7. The number of carbonyl (C=O) groups excluding carboxylic acids is 2. The number of aromatic amines is 1. The van der Waals surface area contributed by atoms with E-state index in [1.807, 2.05) is 5.10 Å². The largest absolute Gasteiger partial charge is 0.545 e. The molecule has 0 amide bonds. The molecule has 182 valence electrons. The summed E-state index contributed by atoms with van der Waals surface area (Å²) in [5, 5.41) is 19.4. The second kappa shape index (κ2) is 9.85. The van der Waals surface area contributed by atoms with E-state index in [1.54, 1.807) is 12.1 Å². The van der Waals surface area contributed by atoms with Gasteiger partial charge in [0.25, 0.3) is 0 Å². The predicted molar refractivity (Wildman–Crippen MR) is 111 cm³/mol. The maximum absolute atomic E-state index is 13.6. The smallest absolute Gasteiger partial charge is 0.433 e. The lowest BCUT2D eigenvalue weighted by molar-refractivity contribution is -0.295. The maximum Gasteiger partial charge on any atom is 0.433 e. The first-order valence-corrected chi connectivity index (χ1v) is 10.6. The highest BCUT2D eigenvalue weighted by Crippen LogP contribution is 2.39. The van der Waals surface area contributed by atoms with Gasteiger partial charge in [-0.1, -0.05) is 0 Å². The number of morpholine rings is 1. The van der Waals surface area contributed by atoms with Crippen molar-refractivity contribution in [2.45, 2.75) is 12.1 Å². The molecule has 1 fully saturated rings. The van der Waals surface area contributed by atoms with Crippen LogP contribution in [0.15, 0.2) is 30.5 Å². The zero-order valence-electron chi connectivity index (χ0n) is 18.0. The van der Waals surface area contributed by atoms with Gasteiger partial charge in [-0.15, -0.1) is 0 Å². The number of ketones is 1. The summed E-state index contributed by atoms with van der Waals surface area (Å²) in [7, 11) is 0. The summed E-state index contributed by atoms with van der Waals surface area (Å²) in [6, 6.07) is 6.08. The number of aromatic nitrogens is 2. The molecule has 1 aromatic carbocycles. The SMILES string of the molecule is O=C([O-])C1=CNCC(C(=O)c2ccc(OCCN3CCOCC3)cc2)c2c1n[nH]c2C(F)(F)F. The fourth-order valence-electron chi connectivity index (χ4n) is 3.97. The van der Waals surface area contributed by atoms with Crippen LogP contribution in [0, 0.1) is 0 Å². The fraction of sp³-hybridized carbons (Fsp3) is 0.409. The van der Waals surface area contributed by atoms with E-state index < -0.39 is 46.4 Å². The van der Waals surface area contributed by atoms with Gasteiger partial charge in [0.15, 0.2) is 5.78 Å². The second-order valence-electron chi connectivity index (χ2n) is 7.86. The van der Waals surface area contributed by atoms with Gasteiger partial charge in [-0.25, -0.2) is 0 Å². The van der Waals surface area contributed by atoms with E-state index in [0.29, 0.717) is 25.6 Å². The highest BCUT2D eigenvalue weighted by Gasteiger charge is 2.42. The van der Waals surface area contributed by atoms with E-state index in [0.717, 1.165) is 25.8 Å². The molecule has 0 radical (unpaired) electrons. The normalized spacial score (nSPS) is 18.9. The minimum atomic E-state index is -4.86. The fourth-order valence-corrected chi connectivity index (χ4v) is 3.97. The van der Waals surface area contributed by atoms with Crippen molar-refractivity contribution < 1.29 is 37.3 Å². The van der Waals surface area contributed by atoms with Crippen LogP contribution < -0.4 is 15.2 Å². The highest BCUT2D eigenvalue weighted by atomic mass is 19.4. The Kier molecular flexibility index (Phi) is 6.89. The van der Waals surface area contributed by atoms with Crippen LogP contribution in [0.4, 0.5) is 13.2 Å². The second-order valence-corrected chi connectivity index (χ2v) is 7.86. The summed E-state index contributed by atoms with van der Waals surface area (Å²) >= 11 is 0. The summed E-state index contributed by atoms with van der Waals surface area (Å²) in [5.74, 6) is -3.13. The topological polar surface area (TPSA) is 120 Å². The average molecular weight is 479 g/mol. The number of carboxylic acids is 1. The summed E-state index contributed by atoms with van der Waals surface area (Å²) in [4.78, 5) is 26.8. The van der Waals surface area contributed by atoms with E-state index >= 15 is 0 Å². The molecule has 12 heteroatoms. The number of H-pyrrole nitrogens is 1. The zero-order chi connectivity index (χ0) is 24.3. The zero-order valence-corrected chi connectivity index (χ0v) is 18.0. The van der Waals surface area contributed by atoms with Crippen LogP contribution >= 0.6 is 0 Å². The number of nitrogens with one attached hydrogen (secondary N) is 2. The van der Waals surface area contributed by atoms with Crippen molar-refractivity contribution in [2.75, 3.05) is 46.0 Å². The Morgan fingerprint density at radius 3 is 2.56 bits per heavy atom. The molecule has 3 heterocycles. The van der Waals surface area contributed by atoms with Crippen LogP contribution in [-0.4, -0.2) is 72.8 Å². The van der Waals surface area contributed by atoms with Gasteiger partial charge in [0.2, 0.25) is 0 Å². The molecule has 2 aliphatic heterocycles. The molecule has 0 spiro atoms. The molecule has 1 unspecified atom stereocenters. The van der Waals surface area contributed by atoms with E-state index in [1.165, 1.54) is 12.1 Å². The Hall–Kier alpha value is -3.38. The highest BCUT2D eigenvalue weighted by molar-refractivity contribution is 6.15. The minimum Gasteiger partial charge on any atom is -0.545 e. The molecule has 1 atom stereocenters. The van der Waals surface area contributed by atoms with Crippen molar-refractivity contribution in [3.05, 3.63) is 53.0 Å². The van der Waals surface area contributed by atoms with Gasteiger partial charge < -0.3 is 24.7 Å². The van der Waals surface area contributed by atoms with Crippen LogP contribution in [0.1, 0.15) is 33.2 Å². The Bertz CT molecular complexity index is 1080. The molecule has 34 heavy (non-hydrogen) atoms. The van der Waals surface area contributed by atoms with E-state index in [4.69, 9.17) is 9.47 Å². The number of aliphatic carboxylic acids is 1. The molecule has 0 aliphatic carbocycles. The minimum absolute atomic E-state index is 0.157. The number of nitrogens with zero attached hydrogens (tertiary/aromatic N) is 2. The number of hydrogen-bond donors (Lipinski definition) is 2. The van der Waals surface area contributed by atoms with Crippen LogP contribution in [0.3, 0.4) is 0 Å². The predicted octanol–water partition coefficient (Wildman–Crippen LogP) is 0.800. The third-order valence-corrected chi connectivity index (χ3v) is 5.71. The monoisotopic (exact) mass is 479 g/mol. The summed E-state index contributed by atoms with van der Waals surface area (Å²) in [6.45, 7) is 3.93. The molecule has 2 N–H and O–H groups in total. The van der Waals surface area contributed by atoms with Gasteiger partial charge in [-0.3, -0.25) is 14.8 Å². The third-order valence-electron chi connectivity index (χ3n) is 5.71. The number of carboxylic acid groups (broad SMARTS) is 1. The number of halogens is 3. The number of hydrogen-bond acceptors (Lipinski definition) is 8. The molecule has 2 aliphatic rings. The van der Waals surface area contributed by atoms with E-state index in [-0.39, 0.29) is 12.1 Å². The van der Waals surface area contributed by atoms with E-state index in [2.05, 4.69) is 15.3 Å². The molecule has 4 rings (SSSR count). The van der Waals surface area contributed by atoms with Crippen molar-refractivity contribution in [2.24, 2.45) is 0 Å². The molecule has 9 nitrogen and oxygen atoms in total. The molecular weight excluding hydrogens is 457 g/mol.